The third-order valence-electron chi connectivity index (χ3n) is 6.49. The third kappa shape index (κ3) is 3.77. The molecule has 7 heteroatoms. The summed E-state index contributed by atoms with van der Waals surface area (Å²) in [5, 5.41) is 3.40. The van der Waals surface area contributed by atoms with Crippen LogP contribution in [0, 0.1) is 38.4 Å². The monoisotopic (exact) mass is 431 g/mol. The molecular formula is C25H26FN5O. The molecular weight excluding hydrogens is 405 g/mol. The third-order valence-corrected chi connectivity index (χ3v) is 6.49. The zero-order valence-electron chi connectivity index (χ0n) is 18.5. The van der Waals surface area contributed by atoms with E-state index in [-0.39, 0.29) is 17.7 Å². The van der Waals surface area contributed by atoms with E-state index in [1.807, 2.05) is 39.0 Å². The Kier molecular flexibility index (Phi) is 5.21. The molecule has 0 spiro atoms. The second kappa shape index (κ2) is 8.06. The lowest BCUT2D eigenvalue weighted by Gasteiger charge is -2.22. The van der Waals surface area contributed by atoms with Crippen LogP contribution in [0.25, 0.3) is 11.3 Å². The Labute approximate surface area is 186 Å². The van der Waals surface area contributed by atoms with Gasteiger partial charge in [-0.1, -0.05) is 6.07 Å². The first-order valence-corrected chi connectivity index (χ1v) is 11.0. The average molecular weight is 432 g/mol. The summed E-state index contributed by atoms with van der Waals surface area (Å²) in [6, 6.07) is 9.78. The molecule has 0 aliphatic carbocycles. The highest BCUT2D eigenvalue weighted by atomic mass is 19.1. The number of carbonyl (C=O) groups is 1. The van der Waals surface area contributed by atoms with Crippen LogP contribution in [0.1, 0.15) is 27.3 Å². The Morgan fingerprint density at radius 3 is 2.56 bits per heavy atom. The Bertz CT molecular complexity index is 1160. The van der Waals surface area contributed by atoms with Gasteiger partial charge >= 0.3 is 0 Å². The van der Waals surface area contributed by atoms with Gasteiger partial charge in [-0.25, -0.2) is 14.4 Å². The van der Waals surface area contributed by atoms with E-state index in [2.05, 4.69) is 25.2 Å². The molecule has 3 unspecified atom stereocenters. The summed E-state index contributed by atoms with van der Waals surface area (Å²) < 4.78 is 14.2. The molecule has 0 amide bonds. The van der Waals surface area contributed by atoms with Crippen LogP contribution in [0.3, 0.4) is 0 Å². The van der Waals surface area contributed by atoms with Crippen LogP contribution in [0.2, 0.25) is 0 Å². The Morgan fingerprint density at radius 1 is 1.06 bits per heavy atom. The van der Waals surface area contributed by atoms with Crippen LogP contribution in [0.15, 0.2) is 42.6 Å². The van der Waals surface area contributed by atoms with Gasteiger partial charge in [0.1, 0.15) is 5.82 Å². The number of carbonyl (C=O) groups excluding carboxylic acids is 1. The Balaban J connectivity index is 1.43. The van der Waals surface area contributed by atoms with Gasteiger partial charge in [0, 0.05) is 54.3 Å². The molecule has 1 N–H and O–H groups in total. The first-order valence-electron chi connectivity index (χ1n) is 11.0. The number of halogens is 1. The molecule has 2 saturated heterocycles. The molecule has 32 heavy (non-hydrogen) atoms. The number of nitrogens with one attached hydrogen (secondary N) is 1. The number of pyridine rings is 1. The predicted molar refractivity (Wildman–Crippen MR) is 121 cm³/mol. The van der Waals surface area contributed by atoms with Gasteiger partial charge < -0.3 is 10.2 Å². The van der Waals surface area contributed by atoms with Crippen molar-refractivity contribution < 1.29 is 9.18 Å². The van der Waals surface area contributed by atoms with E-state index in [4.69, 9.17) is 0 Å². The molecule has 5 rings (SSSR count). The summed E-state index contributed by atoms with van der Waals surface area (Å²) in [5.74, 6) is 0.656. The summed E-state index contributed by atoms with van der Waals surface area (Å²) >= 11 is 0. The molecule has 3 aromatic rings. The standard InChI is InChI=1S/C25H26FN5O/c1-14-4-7-22(27-10-14)19-6-5-18(26)9-20(19)24(32)23-21-13-31(12-17(21)11-28-23)25-29-15(2)8-16(3)30-25/h4-10,17,21,23,28H,11-13H2,1-3H3. The van der Waals surface area contributed by atoms with E-state index in [0.29, 0.717) is 29.3 Å². The number of ketones is 1. The fourth-order valence-corrected chi connectivity index (χ4v) is 4.96. The van der Waals surface area contributed by atoms with Gasteiger partial charge in [-0.2, -0.15) is 0 Å². The largest absolute Gasteiger partial charge is 0.340 e. The number of Topliss-reactive ketones (excluding diaryl/α,β-unsaturated/α-hetero) is 1. The van der Waals surface area contributed by atoms with Gasteiger partial charge in [-0.3, -0.25) is 9.78 Å². The van der Waals surface area contributed by atoms with Crippen LogP contribution in [0.4, 0.5) is 10.3 Å². The number of aryl methyl sites for hydroxylation is 3. The lowest BCUT2D eigenvalue weighted by atomic mass is 9.87. The molecule has 6 nitrogen and oxygen atoms in total. The molecule has 4 heterocycles. The minimum Gasteiger partial charge on any atom is -0.340 e. The molecule has 2 fully saturated rings. The number of rotatable bonds is 4. The first kappa shape index (κ1) is 20.7. The average Bonchev–Trinajstić information content (AvgIpc) is 3.34. The van der Waals surface area contributed by atoms with Crippen LogP contribution < -0.4 is 10.2 Å². The van der Waals surface area contributed by atoms with Crippen LogP contribution >= 0.6 is 0 Å². The van der Waals surface area contributed by atoms with E-state index in [9.17, 15) is 9.18 Å². The smallest absolute Gasteiger partial charge is 0.225 e. The van der Waals surface area contributed by atoms with E-state index in [1.54, 1.807) is 12.3 Å². The van der Waals surface area contributed by atoms with Crippen LogP contribution in [-0.2, 0) is 0 Å². The van der Waals surface area contributed by atoms with Gasteiger partial charge in [0.2, 0.25) is 5.95 Å². The van der Waals surface area contributed by atoms with E-state index in [1.165, 1.54) is 12.1 Å². The minimum atomic E-state index is -0.421. The van der Waals surface area contributed by atoms with Crippen molar-refractivity contribution in [3.8, 4) is 11.3 Å². The number of hydrogen-bond donors (Lipinski definition) is 1. The molecule has 2 aliphatic rings. The van der Waals surface area contributed by atoms with Crippen molar-refractivity contribution in [2.75, 3.05) is 24.5 Å². The minimum absolute atomic E-state index is 0.0856. The maximum absolute atomic E-state index is 14.2. The summed E-state index contributed by atoms with van der Waals surface area (Å²) in [7, 11) is 0. The van der Waals surface area contributed by atoms with Crippen molar-refractivity contribution in [1.29, 1.82) is 0 Å². The summed E-state index contributed by atoms with van der Waals surface area (Å²) in [6.07, 6.45) is 1.76. The van der Waals surface area contributed by atoms with E-state index in [0.717, 1.165) is 36.0 Å². The van der Waals surface area contributed by atoms with Crippen molar-refractivity contribution in [3.63, 3.8) is 0 Å². The molecule has 0 radical (unpaired) electrons. The van der Waals surface area contributed by atoms with Crippen molar-refractivity contribution in [2.45, 2.75) is 26.8 Å². The van der Waals surface area contributed by atoms with Crippen molar-refractivity contribution in [1.82, 2.24) is 20.3 Å². The highest BCUT2D eigenvalue weighted by molar-refractivity contribution is 6.05. The maximum Gasteiger partial charge on any atom is 0.225 e. The van der Waals surface area contributed by atoms with Gasteiger partial charge in [-0.15, -0.1) is 0 Å². The van der Waals surface area contributed by atoms with Crippen molar-refractivity contribution in [2.24, 2.45) is 11.8 Å². The quantitative estimate of drug-likeness (QED) is 0.638. The topological polar surface area (TPSA) is 71.0 Å². The van der Waals surface area contributed by atoms with Crippen molar-refractivity contribution >= 4 is 11.7 Å². The summed E-state index contributed by atoms with van der Waals surface area (Å²) in [6.45, 7) is 8.14. The molecule has 0 bridgehead atoms. The lowest BCUT2D eigenvalue weighted by molar-refractivity contribution is 0.0931. The van der Waals surface area contributed by atoms with Gasteiger partial charge in [0.25, 0.3) is 0 Å². The second-order valence-electron chi connectivity index (χ2n) is 8.94. The molecule has 1 aromatic carbocycles. The summed E-state index contributed by atoms with van der Waals surface area (Å²) in [4.78, 5) is 29.5. The lowest BCUT2D eigenvalue weighted by Crippen LogP contribution is -2.39. The highest BCUT2D eigenvalue weighted by Gasteiger charge is 2.46. The van der Waals surface area contributed by atoms with Gasteiger partial charge in [0.05, 0.1) is 11.7 Å². The summed E-state index contributed by atoms with van der Waals surface area (Å²) in [5.41, 5.74) is 4.61. The van der Waals surface area contributed by atoms with E-state index >= 15 is 0 Å². The van der Waals surface area contributed by atoms with Gasteiger partial charge in [-0.05, 0) is 62.6 Å². The second-order valence-corrected chi connectivity index (χ2v) is 8.94. The zero-order chi connectivity index (χ0) is 22.4. The predicted octanol–water partition coefficient (Wildman–Crippen LogP) is 3.51. The molecule has 0 saturated carbocycles. The zero-order valence-corrected chi connectivity index (χ0v) is 18.5. The Morgan fingerprint density at radius 2 is 1.84 bits per heavy atom. The number of nitrogens with zero attached hydrogens (tertiary/aromatic N) is 4. The van der Waals surface area contributed by atoms with Crippen LogP contribution in [-0.4, -0.2) is 46.4 Å². The van der Waals surface area contributed by atoms with Gasteiger partial charge in [0.15, 0.2) is 5.78 Å². The SMILES string of the molecule is Cc1ccc(-c2ccc(F)cc2C(=O)C2NCC3CN(c4nc(C)cc(C)n4)CC32)nc1. The Hall–Kier alpha value is -3.19. The molecule has 2 aromatic heterocycles. The van der Waals surface area contributed by atoms with E-state index < -0.39 is 5.82 Å². The first-order chi connectivity index (χ1) is 15.4. The normalized spacial score (nSPS) is 22.2. The molecule has 3 atom stereocenters. The van der Waals surface area contributed by atoms with Crippen molar-refractivity contribution in [3.05, 3.63) is 70.9 Å². The van der Waals surface area contributed by atoms with Crippen LogP contribution in [0.5, 0.6) is 0 Å². The fourth-order valence-electron chi connectivity index (χ4n) is 4.96. The number of benzene rings is 1. The number of anilines is 1. The highest BCUT2D eigenvalue weighted by Crippen LogP contribution is 2.35. The number of fused-ring (bicyclic) bond motifs is 1. The number of aromatic nitrogens is 3. The maximum atomic E-state index is 14.2. The molecule has 164 valence electrons. The number of hydrogen-bond acceptors (Lipinski definition) is 6. The molecule has 2 aliphatic heterocycles. The fraction of sp³-hybridized carbons (Fsp3) is 0.360.